The predicted molar refractivity (Wildman–Crippen MR) is 66.9 cm³/mol. The molecule has 0 aliphatic heterocycles. The second-order valence-corrected chi connectivity index (χ2v) is 4.39. The van der Waals surface area contributed by atoms with Gasteiger partial charge >= 0.3 is 0 Å². The van der Waals surface area contributed by atoms with Crippen LogP contribution < -0.4 is 15.4 Å². The van der Waals surface area contributed by atoms with Crippen molar-refractivity contribution in [2.45, 2.75) is 31.8 Å². The number of nitrogens with zero attached hydrogens (tertiary/aromatic N) is 1. The molecule has 0 atom stereocenters. The minimum atomic E-state index is 0.580. The van der Waals surface area contributed by atoms with Gasteiger partial charge in [0.1, 0.15) is 5.75 Å². The van der Waals surface area contributed by atoms with E-state index in [1.807, 2.05) is 6.07 Å². The maximum Gasteiger partial charge on any atom is 0.120 e. The largest absolute Gasteiger partial charge is 0.497 e. The smallest absolute Gasteiger partial charge is 0.120 e. The molecule has 1 saturated carbocycles. The molecule has 0 radical (unpaired) electrons. The summed E-state index contributed by atoms with van der Waals surface area (Å²) in [7, 11) is 3.85. The molecule has 88 valence electrons. The van der Waals surface area contributed by atoms with Gasteiger partial charge in [0, 0.05) is 31.4 Å². The fraction of sp³-hybridized carbons (Fsp3) is 0.538. The summed E-state index contributed by atoms with van der Waals surface area (Å²) in [5, 5.41) is 0. The number of ether oxygens (including phenoxy) is 1. The quantitative estimate of drug-likeness (QED) is 0.845. The number of rotatable bonds is 4. The Morgan fingerprint density at radius 3 is 2.69 bits per heavy atom. The lowest BCUT2D eigenvalue weighted by atomic mass is 9.91. The van der Waals surface area contributed by atoms with Crippen LogP contribution in [0.3, 0.4) is 0 Å². The zero-order chi connectivity index (χ0) is 11.5. The Kier molecular flexibility index (Phi) is 3.34. The molecule has 0 spiro atoms. The van der Waals surface area contributed by atoms with Crippen LogP contribution in [0.25, 0.3) is 0 Å². The van der Waals surface area contributed by atoms with Gasteiger partial charge < -0.3 is 15.4 Å². The normalized spacial score (nSPS) is 15.7. The van der Waals surface area contributed by atoms with Crippen molar-refractivity contribution in [1.82, 2.24) is 0 Å². The van der Waals surface area contributed by atoms with Gasteiger partial charge in [-0.15, -0.1) is 0 Å². The number of anilines is 1. The van der Waals surface area contributed by atoms with Crippen molar-refractivity contribution >= 4 is 5.69 Å². The number of nitrogens with two attached hydrogens (primary N) is 1. The molecule has 1 aromatic carbocycles. The summed E-state index contributed by atoms with van der Waals surface area (Å²) in [6, 6.07) is 6.79. The van der Waals surface area contributed by atoms with E-state index in [1.54, 1.807) is 7.11 Å². The molecule has 0 saturated heterocycles. The first kappa shape index (κ1) is 11.3. The van der Waals surface area contributed by atoms with E-state index >= 15 is 0 Å². The summed E-state index contributed by atoms with van der Waals surface area (Å²) in [6.07, 6.45) is 3.92. The third-order valence-electron chi connectivity index (χ3n) is 3.51. The van der Waals surface area contributed by atoms with Crippen LogP contribution in [0.5, 0.6) is 5.75 Å². The molecule has 1 fully saturated rings. The Morgan fingerprint density at radius 1 is 1.44 bits per heavy atom. The highest BCUT2D eigenvalue weighted by Crippen LogP contribution is 2.32. The lowest BCUT2D eigenvalue weighted by Gasteiger charge is -2.37. The average molecular weight is 220 g/mol. The van der Waals surface area contributed by atoms with Crippen molar-refractivity contribution < 1.29 is 4.74 Å². The highest BCUT2D eigenvalue weighted by Gasteiger charge is 2.23. The van der Waals surface area contributed by atoms with Crippen molar-refractivity contribution in [1.29, 1.82) is 0 Å². The van der Waals surface area contributed by atoms with Crippen LogP contribution in [0.4, 0.5) is 5.69 Å². The van der Waals surface area contributed by atoms with Crippen LogP contribution in [-0.2, 0) is 6.54 Å². The molecule has 16 heavy (non-hydrogen) atoms. The lowest BCUT2D eigenvalue weighted by molar-refractivity contribution is 0.397. The van der Waals surface area contributed by atoms with Crippen LogP contribution in [0.2, 0.25) is 0 Å². The van der Waals surface area contributed by atoms with Crippen LogP contribution in [0, 0.1) is 0 Å². The Bertz CT molecular complexity index is 361. The zero-order valence-corrected chi connectivity index (χ0v) is 10.1. The molecule has 1 aliphatic carbocycles. The van der Waals surface area contributed by atoms with Gasteiger partial charge in [-0.3, -0.25) is 0 Å². The SMILES string of the molecule is COc1ccc(CN)c(N(C)C2CCC2)c1. The Balaban J connectivity index is 2.27. The molecular weight excluding hydrogens is 200 g/mol. The van der Waals surface area contributed by atoms with Crippen LogP contribution in [0.15, 0.2) is 18.2 Å². The fourth-order valence-corrected chi connectivity index (χ4v) is 2.14. The molecule has 3 heteroatoms. The molecule has 0 amide bonds. The monoisotopic (exact) mass is 220 g/mol. The highest BCUT2D eigenvalue weighted by atomic mass is 16.5. The van der Waals surface area contributed by atoms with Gasteiger partial charge in [0.25, 0.3) is 0 Å². The van der Waals surface area contributed by atoms with Gasteiger partial charge in [0.15, 0.2) is 0 Å². The first-order valence-electron chi connectivity index (χ1n) is 5.86. The second-order valence-electron chi connectivity index (χ2n) is 4.39. The molecule has 0 aromatic heterocycles. The van der Waals surface area contributed by atoms with E-state index in [-0.39, 0.29) is 0 Å². The Hall–Kier alpha value is -1.22. The molecule has 3 nitrogen and oxygen atoms in total. The standard InChI is InChI=1S/C13H20N2O/c1-15(11-4-3-5-11)13-8-12(16-2)7-6-10(13)9-14/h6-8,11H,3-5,9,14H2,1-2H3. The maximum absolute atomic E-state index is 5.77. The Labute approximate surface area is 97.2 Å². The minimum absolute atomic E-state index is 0.580. The van der Waals surface area contributed by atoms with E-state index in [0.29, 0.717) is 12.6 Å². The molecule has 1 aliphatic rings. The van der Waals surface area contributed by atoms with Gasteiger partial charge in [-0.05, 0) is 30.9 Å². The minimum Gasteiger partial charge on any atom is -0.497 e. The number of benzene rings is 1. The third-order valence-corrected chi connectivity index (χ3v) is 3.51. The fourth-order valence-electron chi connectivity index (χ4n) is 2.14. The molecule has 0 bridgehead atoms. The molecule has 2 N–H and O–H groups in total. The van der Waals surface area contributed by atoms with Crippen LogP contribution in [0.1, 0.15) is 24.8 Å². The summed E-state index contributed by atoms with van der Waals surface area (Å²) >= 11 is 0. The second kappa shape index (κ2) is 4.74. The van der Waals surface area contributed by atoms with Gasteiger partial charge in [-0.2, -0.15) is 0 Å². The van der Waals surface area contributed by atoms with Crippen LogP contribution >= 0.6 is 0 Å². The van der Waals surface area contributed by atoms with E-state index in [4.69, 9.17) is 10.5 Å². The summed E-state index contributed by atoms with van der Waals surface area (Å²) in [5.74, 6) is 0.901. The van der Waals surface area contributed by atoms with Gasteiger partial charge in [0.2, 0.25) is 0 Å². The lowest BCUT2D eigenvalue weighted by Crippen LogP contribution is -2.37. The summed E-state index contributed by atoms with van der Waals surface area (Å²) < 4.78 is 5.27. The van der Waals surface area contributed by atoms with Gasteiger partial charge in [-0.25, -0.2) is 0 Å². The van der Waals surface area contributed by atoms with Gasteiger partial charge in [0.05, 0.1) is 7.11 Å². The van der Waals surface area contributed by atoms with E-state index in [9.17, 15) is 0 Å². The highest BCUT2D eigenvalue weighted by molar-refractivity contribution is 5.57. The first-order valence-corrected chi connectivity index (χ1v) is 5.86. The first-order chi connectivity index (χ1) is 7.76. The molecule has 1 aromatic rings. The van der Waals surface area contributed by atoms with Crippen molar-refractivity contribution in [3.05, 3.63) is 23.8 Å². The van der Waals surface area contributed by atoms with E-state index in [0.717, 1.165) is 5.75 Å². The summed E-state index contributed by atoms with van der Waals surface area (Å²) in [4.78, 5) is 2.34. The van der Waals surface area contributed by atoms with E-state index in [1.165, 1.54) is 30.5 Å². The molecule has 0 unspecified atom stereocenters. The predicted octanol–water partition coefficient (Wildman–Crippen LogP) is 2.14. The summed E-state index contributed by atoms with van der Waals surface area (Å²) in [6.45, 7) is 0.580. The molecule has 0 heterocycles. The zero-order valence-electron chi connectivity index (χ0n) is 10.1. The number of hydrogen-bond acceptors (Lipinski definition) is 3. The summed E-state index contributed by atoms with van der Waals surface area (Å²) in [5.41, 5.74) is 8.18. The average Bonchev–Trinajstić information content (AvgIpc) is 2.25. The number of methoxy groups -OCH3 is 1. The topological polar surface area (TPSA) is 38.5 Å². The van der Waals surface area contributed by atoms with E-state index in [2.05, 4.69) is 24.1 Å². The number of hydrogen-bond donors (Lipinski definition) is 1. The maximum atomic E-state index is 5.77. The van der Waals surface area contributed by atoms with Crippen molar-refractivity contribution in [3.8, 4) is 5.75 Å². The van der Waals surface area contributed by atoms with Crippen molar-refractivity contribution in [2.75, 3.05) is 19.1 Å². The van der Waals surface area contributed by atoms with Crippen molar-refractivity contribution in [2.24, 2.45) is 5.73 Å². The van der Waals surface area contributed by atoms with E-state index < -0.39 is 0 Å². The molecule has 2 rings (SSSR count). The van der Waals surface area contributed by atoms with Gasteiger partial charge in [-0.1, -0.05) is 6.07 Å². The Morgan fingerprint density at radius 2 is 2.19 bits per heavy atom. The van der Waals surface area contributed by atoms with Crippen molar-refractivity contribution in [3.63, 3.8) is 0 Å². The third kappa shape index (κ3) is 2.00. The van der Waals surface area contributed by atoms with Crippen LogP contribution in [-0.4, -0.2) is 20.2 Å². The molecular formula is C13H20N2O.